The zero-order chi connectivity index (χ0) is 25.6. The highest BCUT2D eigenvalue weighted by Crippen LogP contribution is 2.38. The third kappa shape index (κ3) is 6.34. The van der Waals surface area contributed by atoms with Crippen LogP contribution in [0.3, 0.4) is 0 Å². The number of allylic oxidation sites excluding steroid dienone is 4. The van der Waals surface area contributed by atoms with Gasteiger partial charge in [0.05, 0.1) is 18.3 Å². The number of methoxy groups -OCH3 is 1. The maximum absolute atomic E-state index is 14.3. The first-order valence-electron chi connectivity index (χ1n) is 10.6. The summed E-state index contributed by atoms with van der Waals surface area (Å²) in [4.78, 5) is 15.1. The molecule has 0 N–H and O–H groups in total. The van der Waals surface area contributed by atoms with E-state index in [1.807, 2.05) is 30.5 Å². The zero-order valence-electron chi connectivity index (χ0n) is 19.4. The second-order valence-electron chi connectivity index (χ2n) is 8.09. The fourth-order valence-corrected chi connectivity index (χ4v) is 5.07. The number of nitrogens with zero attached hydrogens (tertiary/aromatic N) is 2. The summed E-state index contributed by atoms with van der Waals surface area (Å²) >= 11 is 13.7. The van der Waals surface area contributed by atoms with Gasteiger partial charge in [0.25, 0.3) is 0 Å². The van der Waals surface area contributed by atoms with Gasteiger partial charge in [-0.25, -0.2) is 13.8 Å². The van der Waals surface area contributed by atoms with Crippen molar-refractivity contribution < 1.29 is 18.3 Å². The topological polar surface area (TPSA) is 44.1 Å². The highest BCUT2D eigenvalue weighted by atomic mass is 35.5. The number of rotatable bonds is 10. The van der Waals surface area contributed by atoms with Gasteiger partial charge in [0.15, 0.2) is 5.16 Å². The number of aldehydes is 1. The van der Waals surface area contributed by atoms with Crippen molar-refractivity contribution in [3.8, 4) is 5.75 Å². The van der Waals surface area contributed by atoms with Crippen molar-refractivity contribution in [3.05, 3.63) is 99.3 Å². The molecule has 0 radical (unpaired) electrons. The van der Waals surface area contributed by atoms with E-state index in [1.54, 1.807) is 37.6 Å². The normalized spacial score (nSPS) is 12.4. The standard InChI is InChI=1S/C26H24Cl2F2N2O2S/c1-26(2,17-9-10-21(28)23(14-17)34-3)24-15-31-25(32(24)12-5-6-18(29)11-13-33)35-16-19-20(27)7-4-8-22(19)30/h4-11,13-15H,12,16H2,1-3H3. The van der Waals surface area contributed by atoms with Crippen LogP contribution < -0.4 is 4.74 Å². The summed E-state index contributed by atoms with van der Waals surface area (Å²) in [7, 11) is 1.55. The molecule has 184 valence electrons. The summed E-state index contributed by atoms with van der Waals surface area (Å²) in [6, 6.07) is 10.1. The molecule has 4 nitrogen and oxygen atoms in total. The molecule has 9 heteroatoms. The largest absolute Gasteiger partial charge is 0.495 e. The van der Waals surface area contributed by atoms with E-state index in [1.165, 1.54) is 23.9 Å². The fraction of sp³-hybridized carbons (Fsp3) is 0.231. The molecule has 35 heavy (non-hydrogen) atoms. The molecule has 0 bridgehead atoms. The van der Waals surface area contributed by atoms with Crippen LogP contribution in [0.2, 0.25) is 10.0 Å². The molecule has 2 aromatic carbocycles. The second-order valence-corrected chi connectivity index (χ2v) is 9.85. The molecule has 0 aliphatic heterocycles. The lowest BCUT2D eigenvalue weighted by Crippen LogP contribution is -2.23. The van der Waals surface area contributed by atoms with E-state index in [9.17, 15) is 13.6 Å². The Morgan fingerprint density at radius 2 is 2.00 bits per heavy atom. The number of ether oxygens (including phenoxy) is 1. The maximum atomic E-state index is 14.3. The average Bonchev–Trinajstić information content (AvgIpc) is 3.22. The minimum absolute atomic E-state index is 0.264. The van der Waals surface area contributed by atoms with Crippen LogP contribution in [0.1, 0.15) is 30.7 Å². The van der Waals surface area contributed by atoms with Gasteiger partial charge in [-0.1, -0.05) is 67.0 Å². The van der Waals surface area contributed by atoms with Crippen LogP contribution in [-0.4, -0.2) is 22.9 Å². The lowest BCUT2D eigenvalue weighted by atomic mass is 9.81. The van der Waals surface area contributed by atoms with Crippen molar-refractivity contribution in [2.45, 2.75) is 36.7 Å². The van der Waals surface area contributed by atoms with Gasteiger partial charge in [0.2, 0.25) is 0 Å². The van der Waals surface area contributed by atoms with Crippen molar-refractivity contribution in [2.24, 2.45) is 0 Å². The Morgan fingerprint density at radius 3 is 2.69 bits per heavy atom. The van der Waals surface area contributed by atoms with E-state index >= 15 is 0 Å². The van der Waals surface area contributed by atoms with Crippen LogP contribution in [0.25, 0.3) is 0 Å². The van der Waals surface area contributed by atoms with Gasteiger partial charge in [-0.2, -0.15) is 0 Å². The van der Waals surface area contributed by atoms with Crippen molar-refractivity contribution in [3.63, 3.8) is 0 Å². The van der Waals surface area contributed by atoms with Gasteiger partial charge in [-0.15, -0.1) is 0 Å². The molecular weight excluding hydrogens is 513 g/mol. The number of imidazole rings is 1. The summed E-state index contributed by atoms with van der Waals surface area (Å²) in [5.74, 6) is -0.234. The molecule has 0 amide bonds. The third-order valence-electron chi connectivity index (χ3n) is 5.53. The molecule has 0 spiro atoms. The smallest absolute Gasteiger partial charge is 0.168 e. The lowest BCUT2D eigenvalue weighted by Gasteiger charge is -2.27. The predicted molar refractivity (Wildman–Crippen MR) is 138 cm³/mol. The molecule has 0 saturated carbocycles. The number of benzene rings is 2. The quantitative estimate of drug-likeness (QED) is 0.116. The van der Waals surface area contributed by atoms with Gasteiger partial charge in [0.1, 0.15) is 23.7 Å². The highest BCUT2D eigenvalue weighted by molar-refractivity contribution is 7.98. The van der Waals surface area contributed by atoms with Gasteiger partial charge in [-0.3, -0.25) is 4.79 Å². The zero-order valence-corrected chi connectivity index (χ0v) is 21.7. The van der Waals surface area contributed by atoms with Crippen LogP contribution in [0.4, 0.5) is 8.78 Å². The second kappa shape index (κ2) is 11.9. The first-order chi connectivity index (χ1) is 16.7. The number of carbonyl (C=O) groups is 1. The summed E-state index contributed by atoms with van der Waals surface area (Å²) in [6.07, 6.45) is 5.79. The first-order valence-corrected chi connectivity index (χ1v) is 12.4. The van der Waals surface area contributed by atoms with Gasteiger partial charge in [-0.05, 0) is 35.9 Å². The summed E-state index contributed by atoms with van der Waals surface area (Å²) in [5.41, 5.74) is 1.62. The SMILES string of the molecule is COc1cc(C(C)(C)c2cnc(SCc3c(F)cccc3Cl)n2CC=CC(F)=CC=O)ccc1Cl. The Kier molecular flexibility index (Phi) is 9.16. The predicted octanol–water partition coefficient (Wildman–Crippen LogP) is 7.56. The summed E-state index contributed by atoms with van der Waals surface area (Å²) in [5, 5.41) is 1.45. The Hall–Kier alpha value is -2.61. The number of thioether (sulfide) groups is 1. The molecule has 0 saturated heterocycles. The summed E-state index contributed by atoms with van der Waals surface area (Å²) < 4.78 is 35.3. The van der Waals surface area contributed by atoms with E-state index in [0.717, 1.165) is 17.3 Å². The number of halogens is 4. The molecule has 1 heterocycles. The molecule has 0 unspecified atom stereocenters. The van der Waals surface area contributed by atoms with Gasteiger partial charge >= 0.3 is 0 Å². The van der Waals surface area contributed by atoms with E-state index in [2.05, 4.69) is 4.98 Å². The van der Waals surface area contributed by atoms with Crippen LogP contribution in [0, 0.1) is 5.82 Å². The van der Waals surface area contributed by atoms with Crippen LogP contribution in [0.15, 0.2) is 71.8 Å². The Morgan fingerprint density at radius 1 is 1.23 bits per heavy atom. The summed E-state index contributed by atoms with van der Waals surface area (Å²) in [6.45, 7) is 4.33. The van der Waals surface area contributed by atoms with Crippen LogP contribution in [0.5, 0.6) is 5.75 Å². The van der Waals surface area contributed by atoms with E-state index in [0.29, 0.717) is 32.8 Å². The molecule has 0 atom stereocenters. The molecule has 0 fully saturated rings. The fourth-order valence-electron chi connectivity index (χ4n) is 3.54. The van der Waals surface area contributed by atoms with Crippen LogP contribution >= 0.6 is 35.0 Å². The molecular formula is C26H24Cl2F2N2O2S. The minimum Gasteiger partial charge on any atom is -0.495 e. The highest BCUT2D eigenvalue weighted by Gasteiger charge is 2.29. The first kappa shape index (κ1) is 27.0. The van der Waals surface area contributed by atoms with Crippen molar-refractivity contribution in [1.82, 2.24) is 9.55 Å². The maximum Gasteiger partial charge on any atom is 0.168 e. The number of aromatic nitrogens is 2. The van der Waals surface area contributed by atoms with E-state index in [-0.39, 0.29) is 12.3 Å². The van der Waals surface area contributed by atoms with Gasteiger partial charge in [0, 0.05) is 40.1 Å². The molecule has 1 aromatic heterocycles. The molecule has 0 aliphatic rings. The molecule has 3 aromatic rings. The van der Waals surface area contributed by atoms with Crippen molar-refractivity contribution in [2.75, 3.05) is 7.11 Å². The number of carbonyl (C=O) groups excluding carboxylic acids is 1. The van der Waals surface area contributed by atoms with Gasteiger partial charge < -0.3 is 9.30 Å². The molecule has 3 rings (SSSR count). The Balaban J connectivity index is 2.01. The average molecular weight is 537 g/mol. The van der Waals surface area contributed by atoms with Crippen LogP contribution in [-0.2, 0) is 22.5 Å². The minimum atomic E-state index is -0.657. The monoisotopic (exact) mass is 536 g/mol. The van der Waals surface area contributed by atoms with E-state index in [4.69, 9.17) is 27.9 Å². The molecule has 0 aliphatic carbocycles. The Labute approximate surface area is 217 Å². The van der Waals surface area contributed by atoms with Crippen molar-refractivity contribution >= 4 is 41.2 Å². The third-order valence-corrected chi connectivity index (χ3v) is 7.22. The van der Waals surface area contributed by atoms with E-state index < -0.39 is 17.1 Å². The Bertz CT molecular complexity index is 1250. The van der Waals surface area contributed by atoms with Crippen molar-refractivity contribution in [1.29, 1.82) is 0 Å². The number of hydrogen-bond acceptors (Lipinski definition) is 4. The lowest BCUT2D eigenvalue weighted by molar-refractivity contribution is -0.104. The number of hydrogen-bond donors (Lipinski definition) is 0.